The zero-order chi connectivity index (χ0) is 19.9. The predicted molar refractivity (Wildman–Crippen MR) is 109 cm³/mol. The molecule has 0 spiro atoms. The minimum absolute atomic E-state index is 0.0123. The molecule has 7 heteroatoms. The molecule has 1 aliphatic rings. The van der Waals surface area contributed by atoms with Gasteiger partial charge in [0.05, 0.1) is 11.4 Å². The van der Waals surface area contributed by atoms with E-state index >= 15 is 0 Å². The van der Waals surface area contributed by atoms with Gasteiger partial charge in [0.1, 0.15) is 0 Å². The number of hydrogen-bond acceptors (Lipinski definition) is 4. The number of sulfonamides is 1. The summed E-state index contributed by atoms with van der Waals surface area (Å²) in [5, 5.41) is 3.07. The average Bonchev–Trinajstić information content (AvgIpc) is 2.94. The first-order valence-electron chi connectivity index (χ1n) is 9.61. The first-order valence-corrected chi connectivity index (χ1v) is 11.0. The van der Waals surface area contributed by atoms with Crippen LogP contribution in [-0.4, -0.2) is 56.3 Å². The number of carbonyl (C=O) groups is 1. The van der Waals surface area contributed by atoms with Crippen molar-refractivity contribution in [2.45, 2.75) is 44.4 Å². The lowest BCUT2D eigenvalue weighted by Gasteiger charge is -2.22. The van der Waals surface area contributed by atoms with E-state index in [9.17, 15) is 13.2 Å². The van der Waals surface area contributed by atoms with Gasteiger partial charge in [0.25, 0.3) is 0 Å². The maximum Gasteiger partial charge on any atom is 0.243 e. The molecule has 0 aromatic heterocycles. The van der Waals surface area contributed by atoms with Gasteiger partial charge < -0.3 is 10.2 Å². The quantitative estimate of drug-likeness (QED) is 0.689. The Morgan fingerprint density at radius 1 is 1.15 bits per heavy atom. The van der Waals surface area contributed by atoms with Crippen molar-refractivity contribution in [1.82, 2.24) is 9.21 Å². The van der Waals surface area contributed by atoms with Crippen LogP contribution in [0.4, 0.5) is 5.69 Å². The van der Waals surface area contributed by atoms with E-state index < -0.39 is 10.0 Å². The first kappa shape index (κ1) is 21.4. The Morgan fingerprint density at radius 2 is 1.74 bits per heavy atom. The average molecular weight is 394 g/mol. The molecule has 1 aromatic carbocycles. The van der Waals surface area contributed by atoms with Gasteiger partial charge in [0.15, 0.2) is 0 Å². The second-order valence-corrected chi connectivity index (χ2v) is 9.00. The number of anilines is 1. The van der Waals surface area contributed by atoms with Gasteiger partial charge in [0.2, 0.25) is 15.9 Å². The van der Waals surface area contributed by atoms with Crippen molar-refractivity contribution in [2.24, 2.45) is 0 Å². The number of nitrogens with zero attached hydrogens (tertiary/aromatic N) is 2. The molecule has 0 unspecified atom stereocenters. The lowest BCUT2D eigenvalue weighted by atomic mass is 10.2. The summed E-state index contributed by atoms with van der Waals surface area (Å²) >= 11 is 0. The van der Waals surface area contributed by atoms with Crippen LogP contribution in [0.2, 0.25) is 0 Å². The molecule has 1 saturated heterocycles. The van der Waals surface area contributed by atoms with Gasteiger partial charge in [-0.2, -0.15) is 4.31 Å². The van der Waals surface area contributed by atoms with Crippen LogP contribution in [0.5, 0.6) is 0 Å². The zero-order valence-electron chi connectivity index (χ0n) is 16.4. The van der Waals surface area contributed by atoms with Gasteiger partial charge >= 0.3 is 0 Å². The van der Waals surface area contributed by atoms with E-state index in [0.717, 1.165) is 36.9 Å². The molecule has 2 rings (SSSR count). The molecule has 0 atom stereocenters. The Hall–Kier alpha value is -1.86. The van der Waals surface area contributed by atoms with Crippen LogP contribution in [0.1, 0.15) is 39.5 Å². The maximum absolute atomic E-state index is 12.8. The second-order valence-electron chi connectivity index (χ2n) is 7.06. The Balaban J connectivity index is 1.98. The molecular weight excluding hydrogens is 362 g/mol. The van der Waals surface area contributed by atoms with Crippen LogP contribution in [0.15, 0.2) is 41.3 Å². The summed E-state index contributed by atoms with van der Waals surface area (Å²) in [6, 6.07) is 6.65. The van der Waals surface area contributed by atoms with E-state index in [2.05, 4.69) is 11.9 Å². The van der Waals surface area contributed by atoms with Crippen molar-refractivity contribution in [1.29, 1.82) is 0 Å². The maximum atomic E-state index is 12.8. The monoisotopic (exact) mass is 393 g/mol. The summed E-state index contributed by atoms with van der Waals surface area (Å²) in [5.74, 6) is -0.0123. The summed E-state index contributed by atoms with van der Waals surface area (Å²) in [6.07, 6.45) is 4.00. The van der Waals surface area contributed by atoms with E-state index in [1.807, 2.05) is 13.8 Å². The number of nitrogens with one attached hydrogen (secondary N) is 1. The molecular formula is C20H31N3O3S. The molecule has 150 valence electrons. The van der Waals surface area contributed by atoms with E-state index in [1.165, 1.54) is 0 Å². The minimum atomic E-state index is -3.44. The molecule has 0 bridgehead atoms. The highest BCUT2D eigenvalue weighted by Gasteiger charge is 2.24. The van der Waals surface area contributed by atoms with Gasteiger partial charge in [0, 0.05) is 31.9 Å². The molecule has 1 aliphatic heterocycles. The highest BCUT2D eigenvalue weighted by Crippen LogP contribution is 2.21. The summed E-state index contributed by atoms with van der Waals surface area (Å²) in [7, 11) is -3.44. The fourth-order valence-electron chi connectivity index (χ4n) is 3.17. The summed E-state index contributed by atoms with van der Waals surface area (Å²) in [6.45, 7) is 10.2. The number of amides is 1. The zero-order valence-corrected chi connectivity index (χ0v) is 17.2. The second kappa shape index (κ2) is 9.90. The van der Waals surface area contributed by atoms with Gasteiger partial charge in [-0.3, -0.25) is 4.79 Å². The number of hydrogen-bond donors (Lipinski definition) is 1. The SMILES string of the molecule is C=C(C)CN(CC)C(=O)CNc1ccc(S(=O)(=O)N2CCCCCC2)cc1. The first-order chi connectivity index (χ1) is 12.8. The molecule has 6 nitrogen and oxygen atoms in total. The molecule has 0 aliphatic carbocycles. The highest BCUT2D eigenvalue weighted by molar-refractivity contribution is 7.89. The summed E-state index contributed by atoms with van der Waals surface area (Å²) in [5.41, 5.74) is 1.66. The van der Waals surface area contributed by atoms with Gasteiger partial charge in [-0.05, 0) is 51.0 Å². The van der Waals surface area contributed by atoms with E-state index in [0.29, 0.717) is 31.1 Å². The lowest BCUT2D eigenvalue weighted by Crippen LogP contribution is -2.36. The normalized spacial score (nSPS) is 15.8. The Kier molecular flexibility index (Phi) is 7.86. The van der Waals surface area contributed by atoms with Gasteiger partial charge in [-0.15, -0.1) is 0 Å². The van der Waals surface area contributed by atoms with E-state index in [4.69, 9.17) is 0 Å². The summed E-state index contributed by atoms with van der Waals surface area (Å²) < 4.78 is 27.2. The number of benzene rings is 1. The molecule has 0 radical (unpaired) electrons. The summed E-state index contributed by atoms with van der Waals surface area (Å²) in [4.78, 5) is 14.3. The lowest BCUT2D eigenvalue weighted by molar-refractivity contribution is -0.128. The minimum Gasteiger partial charge on any atom is -0.376 e. The van der Waals surface area contributed by atoms with Gasteiger partial charge in [-0.25, -0.2) is 8.42 Å². The van der Waals surface area contributed by atoms with Crippen LogP contribution >= 0.6 is 0 Å². The fraction of sp³-hybridized carbons (Fsp3) is 0.550. The van der Waals surface area contributed by atoms with Crippen molar-refractivity contribution in [2.75, 3.05) is 38.0 Å². The van der Waals surface area contributed by atoms with E-state index in [-0.39, 0.29) is 12.5 Å². The van der Waals surface area contributed by atoms with Crippen LogP contribution in [0.25, 0.3) is 0 Å². The van der Waals surface area contributed by atoms with Crippen molar-refractivity contribution >= 4 is 21.6 Å². The number of rotatable bonds is 8. The van der Waals surface area contributed by atoms with Crippen LogP contribution in [-0.2, 0) is 14.8 Å². The fourth-order valence-corrected chi connectivity index (χ4v) is 4.68. The molecule has 1 N–H and O–H groups in total. The van der Waals surface area contributed by atoms with Crippen molar-refractivity contribution in [3.63, 3.8) is 0 Å². The molecule has 27 heavy (non-hydrogen) atoms. The third-order valence-electron chi connectivity index (χ3n) is 4.70. The molecule has 0 saturated carbocycles. The molecule has 1 aromatic rings. The van der Waals surface area contributed by atoms with Crippen LogP contribution < -0.4 is 5.32 Å². The molecule has 1 amide bonds. The molecule has 1 fully saturated rings. The Morgan fingerprint density at radius 3 is 2.26 bits per heavy atom. The smallest absolute Gasteiger partial charge is 0.243 e. The van der Waals surface area contributed by atoms with Crippen LogP contribution in [0, 0.1) is 0 Å². The topological polar surface area (TPSA) is 69.7 Å². The Labute approximate surface area is 163 Å². The third kappa shape index (κ3) is 6.07. The largest absolute Gasteiger partial charge is 0.376 e. The number of carbonyl (C=O) groups excluding carboxylic acids is 1. The van der Waals surface area contributed by atoms with Crippen molar-refractivity contribution < 1.29 is 13.2 Å². The third-order valence-corrected chi connectivity index (χ3v) is 6.61. The Bertz CT molecular complexity index is 736. The van der Waals surface area contributed by atoms with Crippen molar-refractivity contribution in [3.05, 3.63) is 36.4 Å². The highest BCUT2D eigenvalue weighted by atomic mass is 32.2. The molecule has 1 heterocycles. The number of likely N-dealkylation sites (N-methyl/N-ethyl adjacent to an activating group) is 1. The van der Waals surface area contributed by atoms with Crippen molar-refractivity contribution in [3.8, 4) is 0 Å². The predicted octanol–water partition coefficient (Wildman–Crippen LogP) is 3.09. The van der Waals surface area contributed by atoms with Gasteiger partial charge in [-0.1, -0.05) is 25.0 Å². The standard InChI is InChI=1S/C20H31N3O3S/c1-4-22(16-17(2)3)20(24)15-21-18-9-11-19(12-10-18)27(25,26)23-13-7-5-6-8-14-23/h9-12,21H,2,4-8,13-16H2,1,3H3. The van der Waals surface area contributed by atoms with Crippen LogP contribution in [0.3, 0.4) is 0 Å². The van der Waals surface area contributed by atoms with E-state index in [1.54, 1.807) is 33.5 Å².